The van der Waals surface area contributed by atoms with E-state index in [-0.39, 0.29) is 0 Å². The summed E-state index contributed by atoms with van der Waals surface area (Å²) in [6.45, 7) is 4.62. The molecule has 0 bridgehead atoms. The molecular weight excluding hydrogens is 344 g/mol. The van der Waals surface area contributed by atoms with E-state index in [9.17, 15) is 0 Å². The van der Waals surface area contributed by atoms with Crippen molar-refractivity contribution >= 4 is 5.96 Å². The molecule has 27 heavy (non-hydrogen) atoms. The summed E-state index contributed by atoms with van der Waals surface area (Å²) in [6, 6.07) is 13.4. The van der Waals surface area contributed by atoms with Gasteiger partial charge in [0.25, 0.3) is 0 Å². The number of para-hydroxylation sites is 1. The van der Waals surface area contributed by atoms with Crippen molar-refractivity contribution in [3.05, 3.63) is 54.6 Å². The number of aromatic nitrogens is 3. The second-order valence-corrected chi connectivity index (χ2v) is 5.68. The van der Waals surface area contributed by atoms with Crippen LogP contribution in [-0.4, -0.2) is 47.4 Å². The predicted molar refractivity (Wildman–Crippen MR) is 104 cm³/mol. The SMILES string of the molecule is CCNC(=NCCc1nc(-c2ccco2)n[nH]1)NCCOc1ccccc1. The van der Waals surface area contributed by atoms with Gasteiger partial charge in [-0.25, -0.2) is 4.98 Å². The minimum atomic E-state index is 0.557. The zero-order chi connectivity index (χ0) is 18.7. The van der Waals surface area contributed by atoms with Crippen LogP contribution >= 0.6 is 0 Å². The number of nitrogens with one attached hydrogen (secondary N) is 3. The quantitative estimate of drug-likeness (QED) is 0.304. The van der Waals surface area contributed by atoms with Gasteiger partial charge in [0.2, 0.25) is 5.82 Å². The Hall–Kier alpha value is -3.29. The maximum Gasteiger partial charge on any atom is 0.216 e. The molecule has 0 aliphatic rings. The molecule has 3 rings (SSSR count). The molecule has 2 aromatic heterocycles. The first-order valence-electron chi connectivity index (χ1n) is 9.00. The summed E-state index contributed by atoms with van der Waals surface area (Å²) in [7, 11) is 0. The molecule has 0 aliphatic carbocycles. The van der Waals surface area contributed by atoms with E-state index in [1.165, 1.54) is 0 Å². The van der Waals surface area contributed by atoms with E-state index < -0.39 is 0 Å². The fourth-order valence-electron chi connectivity index (χ4n) is 2.39. The van der Waals surface area contributed by atoms with Gasteiger partial charge < -0.3 is 19.8 Å². The van der Waals surface area contributed by atoms with Gasteiger partial charge in [-0.1, -0.05) is 18.2 Å². The molecule has 0 atom stereocenters. The molecule has 1 aromatic carbocycles. The van der Waals surface area contributed by atoms with Crippen LogP contribution in [0.15, 0.2) is 58.1 Å². The number of hydrogen-bond donors (Lipinski definition) is 3. The summed E-state index contributed by atoms with van der Waals surface area (Å²) in [5.74, 6) is 3.59. The first-order chi connectivity index (χ1) is 13.3. The van der Waals surface area contributed by atoms with Crippen molar-refractivity contribution in [2.24, 2.45) is 4.99 Å². The number of aromatic amines is 1. The van der Waals surface area contributed by atoms with Crippen LogP contribution in [0.25, 0.3) is 11.6 Å². The van der Waals surface area contributed by atoms with Gasteiger partial charge in [0.05, 0.1) is 12.8 Å². The summed E-state index contributed by atoms with van der Waals surface area (Å²) >= 11 is 0. The minimum Gasteiger partial charge on any atom is -0.492 e. The topological polar surface area (TPSA) is 100 Å². The van der Waals surface area contributed by atoms with Crippen molar-refractivity contribution in [3.63, 3.8) is 0 Å². The number of guanidine groups is 1. The average Bonchev–Trinajstić information content (AvgIpc) is 3.38. The van der Waals surface area contributed by atoms with E-state index in [0.717, 1.165) is 24.1 Å². The highest BCUT2D eigenvalue weighted by Gasteiger charge is 2.07. The van der Waals surface area contributed by atoms with Crippen LogP contribution in [-0.2, 0) is 6.42 Å². The molecule has 0 amide bonds. The molecule has 0 aliphatic heterocycles. The van der Waals surface area contributed by atoms with Crippen LogP contribution in [0.2, 0.25) is 0 Å². The first-order valence-corrected chi connectivity index (χ1v) is 9.00. The number of hydrogen-bond acceptors (Lipinski definition) is 5. The molecule has 8 nitrogen and oxygen atoms in total. The molecule has 3 aromatic rings. The highest BCUT2D eigenvalue weighted by Crippen LogP contribution is 2.14. The Morgan fingerprint density at radius 2 is 2.07 bits per heavy atom. The number of benzene rings is 1. The fraction of sp³-hybridized carbons (Fsp3) is 0.316. The summed E-state index contributed by atoms with van der Waals surface area (Å²) < 4.78 is 11.0. The monoisotopic (exact) mass is 368 g/mol. The second kappa shape index (κ2) is 10.0. The van der Waals surface area contributed by atoms with E-state index in [0.29, 0.717) is 37.7 Å². The lowest BCUT2D eigenvalue weighted by Crippen LogP contribution is -2.39. The van der Waals surface area contributed by atoms with Crippen LogP contribution in [0.4, 0.5) is 0 Å². The Balaban J connectivity index is 1.43. The van der Waals surface area contributed by atoms with E-state index in [4.69, 9.17) is 9.15 Å². The van der Waals surface area contributed by atoms with Crippen molar-refractivity contribution in [2.45, 2.75) is 13.3 Å². The molecule has 8 heteroatoms. The predicted octanol–water partition coefficient (Wildman–Crippen LogP) is 2.24. The molecular formula is C19H24N6O2. The number of nitrogens with zero attached hydrogens (tertiary/aromatic N) is 3. The van der Waals surface area contributed by atoms with E-state index >= 15 is 0 Å². The smallest absolute Gasteiger partial charge is 0.216 e. The normalized spacial score (nSPS) is 11.4. The van der Waals surface area contributed by atoms with Gasteiger partial charge in [0.15, 0.2) is 11.7 Å². The number of aliphatic imine (C=N–C) groups is 1. The van der Waals surface area contributed by atoms with Gasteiger partial charge in [-0.3, -0.25) is 10.1 Å². The Kier molecular flexibility index (Phi) is 6.85. The molecule has 0 saturated carbocycles. The molecule has 142 valence electrons. The van der Waals surface area contributed by atoms with E-state index in [2.05, 4.69) is 30.8 Å². The summed E-state index contributed by atoms with van der Waals surface area (Å²) in [5, 5.41) is 13.5. The zero-order valence-corrected chi connectivity index (χ0v) is 15.3. The number of ether oxygens (including phenoxy) is 1. The Labute approximate surface area is 158 Å². The van der Waals surface area contributed by atoms with E-state index in [1.807, 2.05) is 49.4 Å². The van der Waals surface area contributed by atoms with Gasteiger partial charge >= 0.3 is 0 Å². The largest absolute Gasteiger partial charge is 0.492 e. The van der Waals surface area contributed by atoms with Gasteiger partial charge in [0.1, 0.15) is 18.2 Å². The summed E-state index contributed by atoms with van der Waals surface area (Å²) in [6.07, 6.45) is 2.26. The summed E-state index contributed by atoms with van der Waals surface area (Å²) in [5.41, 5.74) is 0. The number of furan rings is 1. The lowest BCUT2D eigenvalue weighted by molar-refractivity contribution is 0.322. The van der Waals surface area contributed by atoms with Crippen LogP contribution in [0.1, 0.15) is 12.7 Å². The lowest BCUT2D eigenvalue weighted by atomic mass is 10.3. The highest BCUT2D eigenvalue weighted by atomic mass is 16.5. The third-order valence-electron chi connectivity index (χ3n) is 3.64. The average molecular weight is 368 g/mol. The Morgan fingerprint density at radius 3 is 2.85 bits per heavy atom. The molecule has 0 saturated heterocycles. The van der Waals surface area contributed by atoms with Crippen molar-refractivity contribution in [2.75, 3.05) is 26.2 Å². The Morgan fingerprint density at radius 1 is 1.19 bits per heavy atom. The molecule has 0 fully saturated rings. The molecule has 3 N–H and O–H groups in total. The third-order valence-corrected chi connectivity index (χ3v) is 3.64. The van der Waals surface area contributed by atoms with Crippen molar-refractivity contribution in [3.8, 4) is 17.3 Å². The molecule has 0 radical (unpaired) electrons. The molecule has 0 unspecified atom stereocenters. The van der Waals surface area contributed by atoms with Crippen LogP contribution in [0, 0.1) is 0 Å². The number of rotatable bonds is 9. The maximum atomic E-state index is 5.67. The summed E-state index contributed by atoms with van der Waals surface area (Å²) in [4.78, 5) is 8.97. The number of H-pyrrole nitrogens is 1. The molecule has 0 spiro atoms. The van der Waals surface area contributed by atoms with Crippen LogP contribution in [0.3, 0.4) is 0 Å². The van der Waals surface area contributed by atoms with Crippen molar-refractivity contribution < 1.29 is 9.15 Å². The van der Waals surface area contributed by atoms with Crippen molar-refractivity contribution in [1.29, 1.82) is 0 Å². The standard InChI is InChI=1S/C19H24N6O2/c1-2-20-19(22-12-14-26-15-7-4-3-5-8-15)21-11-10-17-23-18(25-24-17)16-9-6-13-27-16/h3-9,13H,2,10-12,14H2,1H3,(H2,20,21,22)(H,23,24,25). The molecule has 2 heterocycles. The van der Waals surface area contributed by atoms with Gasteiger partial charge in [-0.2, -0.15) is 5.10 Å². The lowest BCUT2D eigenvalue weighted by Gasteiger charge is -2.11. The second-order valence-electron chi connectivity index (χ2n) is 5.68. The Bertz CT molecular complexity index is 814. The van der Waals surface area contributed by atoms with Crippen LogP contribution < -0.4 is 15.4 Å². The van der Waals surface area contributed by atoms with E-state index in [1.54, 1.807) is 6.26 Å². The zero-order valence-electron chi connectivity index (χ0n) is 15.3. The maximum absolute atomic E-state index is 5.67. The van der Waals surface area contributed by atoms with Gasteiger partial charge in [-0.15, -0.1) is 0 Å². The third kappa shape index (κ3) is 5.88. The first kappa shape index (κ1) is 18.5. The fourth-order valence-corrected chi connectivity index (χ4v) is 2.39. The highest BCUT2D eigenvalue weighted by molar-refractivity contribution is 5.79. The van der Waals surface area contributed by atoms with Crippen LogP contribution in [0.5, 0.6) is 5.75 Å². The van der Waals surface area contributed by atoms with Gasteiger partial charge in [0, 0.05) is 19.5 Å². The van der Waals surface area contributed by atoms with Crippen molar-refractivity contribution in [1.82, 2.24) is 25.8 Å². The van der Waals surface area contributed by atoms with Gasteiger partial charge in [-0.05, 0) is 31.2 Å². The minimum absolute atomic E-state index is 0.557.